The number of hydrogen-bond acceptors (Lipinski definition) is 3. The average molecular weight is 251 g/mol. The van der Waals surface area contributed by atoms with Crippen molar-refractivity contribution < 1.29 is 4.79 Å². The van der Waals surface area contributed by atoms with Gasteiger partial charge in [0.1, 0.15) is 12.7 Å². The van der Waals surface area contributed by atoms with Gasteiger partial charge in [-0.05, 0) is 6.42 Å². The molecule has 0 N–H and O–H groups in total. The zero-order chi connectivity index (χ0) is 13.1. The van der Waals surface area contributed by atoms with Crippen molar-refractivity contribution in [2.45, 2.75) is 71.1 Å². The number of rotatable bonds is 10. The second kappa shape index (κ2) is 9.80. The largest absolute Gasteiger partial charge is 0.273 e. The van der Waals surface area contributed by atoms with Crippen molar-refractivity contribution >= 4 is 5.91 Å². The van der Waals surface area contributed by atoms with Crippen molar-refractivity contribution in [3.63, 3.8) is 0 Å². The molecule has 1 heterocycles. The van der Waals surface area contributed by atoms with Gasteiger partial charge in [0, 0.05) is 6.42 Å². The molecule has 0 aliphatic rings. The quantitative estimate of drug-likeness (QED) is 0.594. The number of carbonyl (C=O) groups excluding carboxylic acids is 1. The standard InChI is InChI=1S/C14H25N3O/c1-2-3-4-5-6-7-8-9-10-11-14(18)17-13-15-12-16-17/h12-13H,2-11H2,1H3. The number of carbonyl (C=O) groups is 1. The lowest BCUT2D eigenvalue weighted by Crippen LogP contribution is -2.10. The van der Waals surface area contributed by atoms with Crippen LogP contribution in [0.15, 0.2) is 12.7 Å². The van der Waals surface area contributed by atoms with Gasteiger partial charge < -0.3 is 0 Å². The van der Waals surface area contributed by atoms with Gasteiger partial charge in [-0.1, -0.05) is 58.3 Å². The first kappa shape index (κ1) is 14.9. The smallest absolute Gasteiger partial charge is 0.248 e. The van der Waals surface area contributed by atoms with Gasteiger partial charge in [0.05, 0.1) is 0 Å². The molecule has 0 radical (unpaired) electrons. The zero-order valence-corrected chi connectivity index (χ0v) is 11.5. The normalized spacial score (nSPS) is 10.7. The van der Waals surface area contributed by atoms with E-state index < -0.39 is 0 Å². The highest BCUT2D eigenvalue weighted by Crippen LogP contribution is 2.10. The summed E-state index contributed by atoms with van der Waals surface area (Å²) in [7, 11) is 0. The van der Waals surface area contributed by atoms with Gasteiger partial charge in [0.25, 0.3) is 0 Å². The molecule has 0 unspecified atom stereocenters. The van der Waals surface area contributed by atoms with Gasteiger partial charge in [0.15, 0.2) is 0 Å². The summed E-state index contributed by atoms with van der Waals surface area (Å²) in [5, 5.41) is 3.83. The molecule has 0 aliphatic heterocycles. The maximum absolute atomic E-state index is 11.6. The Bertz CT molecular complexity index is 309. The molecule has 0 aromatic carbocycles. The first-order valence-electron chi connectivity index (χ1n) is 7.22. The first-order valence-corrected chi connectivity index (χ1v) is 7.22. The molecule has 1 aromatic heterocycles. The Balaban J connectivity index is 1.88. The third-order valence-corrected chi connectivity index (χ3v) is 3.17. The van der Waals surface area contributed by atoms with Crippen molar-refractivity contribution in [2.75, 3.05) is 0 Å². The molecule has 1 rings (SSSR count). The van der Waals surface area contributed by atoms with Gasteiger partial charge in [0.2, 0.25) is 5.91 Å². The van der Waals surface area contributed by atoms with Crippen molar-refractivity contribution in [2.24, 2.45) is 0 Å². The van der Waals surface area contributed by atoms with Crippen molar-refractivity contribution in [1.82, 2.24) is 14.8 Å². The minimum atomic E-state index is 0.0513. The van der Waals surface area contributed by atoms with Gasteiger partial charge in [-0.3, -0.25) is 4.79 Å². The van der Waals surface area contributed by atoms with Gasteiger partial charge >= 0.3 is 0 Å². The van der Waals surface area contributed by atoms with Crippen LogP contribution in [0.25, 0.3) is 0 Å². The molecule has 0 bridgehead atoms. The van der Waals surface area contributed by atoms with Crippen LogP contribution in [0.3, 0.4) is 0 Å². The van der Waals surface area contributed by atoms with Crippen LogP contribution >= 0.6 is 0 Å². The molecule has 102 valence electrons. The summed E-state index contributed by atoms with van der Waals surface area (Å²) in [5.41, 5.74) is 0. The SMILES string of the molecule is CCCCCCCCCCCC(=O)n1cncn1. The van der Waals surface area contributed by atoms with Crippen LogP contribution in [0, 0.1) is 0 Å². The minimum Gasteiger partial charge on any atom is -0.273 e. The lowest BCUT2D eigenvalue weighted by atomic mass is 10.1. The summed E-state index contributed by atoms with van der Waals surface area (Å²) in [6.45, 7) is 2.24. The molecule has 0 fully saturated rings. The van der Waals surface area contributed by atoms with Crippen LogP contribution in [0.4, 0.5) is 0 Å². The maximum Gasteiger partial charge on any atom is 0.248 e. The second-order valence-corrected chi connectivity index (χ2v) is 4.81. The van der Waals surface area contributed by atoms with Gasteiger partial charge in [-0.2, -0.15) is 9.78 Å². The molecule has 4 nitrogen and oxygen atoms in total. The van der Waals surface area contributed by atoms with E-state index in [0.29, 0.717) is 6.42 Å². The Morgan fingerprint density at radius 3 is 2.17 bits per heavy atom. The van der Waals surface area contributed by atoms with Crippen LogP contribution in [0.1, 0.15) is 75.9 Å². The zero-order valence-electron chi connectivity index (χ0n) is 11.5. The lowest BCUT2D eigenvalue weighted by molar-refractivity contribution is 0.0882. The second-order valence-electron chi connectivity index (χ2n) is 4.81. The average Bonchev–Trinajstić information content (AvgIpc) is 2.90. The lowest BCUT2D eigenvalue weighted by Gasteiger charge is -2.02. The fraction of sp³-hybridized carbons (Fsp3) is 0.786. The van der Waals surface area contributed by atoms with Crippen molar-refractivity contribution in [3.8, 4) is 0 Å². The van der Waals surface area contributed by atoms with E-state index in [0.717, 1.165) is 12.8 Å². The van der Waals surface area contributed by atoms with E-state index in [1.165, 1.54) is 62.3 Å². The third-order valence-electron chi connectivity index (χ3n) is 3.17. The van der Waals surface area contributed by atoms with Crippen LogP contribution in [0.2, 0.25) is 0 Å². The fourth-order valence-corrected chi connectivity index (χ4v) is 2.04. The molecular formula is C14H25N3O. The number of nitrogens with zero attached hydrogens (tertiary/aromatic N) is 3. The van der Waals surface area contributed by atoms with Crippen LogP contribution in [-0.4, -0.2) is 20.7 Å². The Morgan fingerprint density at radius 1 is 1.00 bits per heavy atom. The highest BCUT2D eigenvalue weighted by atomic mass is 16.2. The van der Waals surface area contributed by atoms with E-state index >= 15 is 0 Å². The minimum absolute atomic E-state index is 0.0513. The number of hydrogen-bond donors (Lipinski definition) is 0. The summed E-state index contributed by atoms with van der Waals surface area (Å²) in [6, 6.07) is 0. The Labute approximate surface area is 110 Å². The monoisotopic (exact) mass is 251 g/mol. The molecular weight excluding hydrogens is 226 g/mol. The van der Waals surface area contributed by atoms with Gasteiger partial charge in [-0.25, -0.2) is 4.98 Å². The molecule has 18 heavy (non-hydrogen) atoms. The van der Waals surface area contributed by atoms with E-state index in [2.05, 4.69) is 17.0 Å². The summed E-state index contributed by atoms with van der Waals surface area (Å²) in [6.07, 6.45) is 14.9. The summed E-state index contributed by atoms with van der Waals surface area (Å²) < 4.78 is 1.32. The Hall–Kier alpha value is -1.19. The molecule has 0 aliphatic carbocycles. The predicted molar refractivity (Wildman–Crippen MR) is 72.5 cm³/mol. The summed E-state index contributed by atoms with van der Waals surface area (Å²) >= 11 is 0. The van der Waals surface area contributed by atoms with E-state index in [1.54, 1.807) is 0 Å². The topological polar surface area (TPSA) is 47.8 Å². The third kappa shape index (κ3) is 6.52. The molecule has 0 spiro atoms. The fourth-order valence-electron chi connectivity index (χ4n) is 2.04. The highest BCUT2D eigenvalue weighted by molar-refractivity contribution is 5.77. The highest BCUT2D eigenvalue weighted by Gasteiger charge is 2.04. The number of unbranched alkanes of at least 4 members (excludes halogenated alkanes) is 8. The molecule has 4 heteroatoms. The van der Waals surface area contributed by atoms with Crippen molar-refractivity contribution in [3.05, 3.63) is 12.7 Å². The van der Waals surface area contributed by atoms with E-state index in [1.807, 2.05) is 0 Å². The van der Waals surface area contributed by atoms with Crippen LogP contribution in [-0.2, 0) is 0 Å². The van der Waals surface area contributed by atoms with Crippen molar-refractivity contribution in [1.29, 1.82) is 0 Å². The van der Waals surface area contributed by atoms with E-state index in [-0.39, 0.29) is 5.91 Å². The molecule has 0 atom stereocenters. The molecule has 0 amide bonds. The summed E-state index contributed by atoms with van der Waals surface area (Å²) in [4.78, 5) is 15.3. The predicted octanol–water partition coefficient (Wildman–Crippen LogP) is 3.84. The Morgan fingerprint density at radius 2 is 1.61 bits per heavy atom. The number of aromatic nitrogens is 3. The first-order chi connectivity index (χ1) is 8.84. The van der Waals surface area contributed by atoms with Crippen LogP contribution < -0.4 is 0 Å². The van der Waals surface area contributed by atoms with E-state index in [4.69, 9.17) is 0 Å². The summed E-state index contributed by atoms with van der Waals surface area (Å²) in [5.74, 6) is 0.0513. The maximum atomic E-state index is 11.6. The molecule has 0 saturated carbocycles. The molecule has 0 saturated heterocycles. The molecule has 1 aromatic rings. The van der Waals surface area contributed by atoms with Gasteiger partial charge in [-0.15, -0.1) is 0 Å². The Kier molecular flexibility index (Phi) is 8.10. The van der Waals surface area contributed by atoms with E-state index in [9.17, 15) is 4.79 Å². The van der Waals surface area contributed by atoms with Crippen LogP contribution in [0.5, 0.6) is 0 Å².